The SMILES string of the molecule is CCCCC(CC)C(S(=O)O)S(=O)O. The predicted octanol–water partition coefficient (Wildman–Crippen LogP) is 1.97. The summed E-state index contributed by atoms with van der Waals surface area (Å²) in [4.78, 5) is 0. The maximum absolute atomic E-state index is 10.9. The molecule has 0 bridgehead atoms. The zero-order valence-corrected chi connectivity index (χ0v) is 10.1. The molecule has 0 saturated heterocycles. The zero-order valence-electron chi connectivity index (χ0n) is 8.51. The van der Waals surface area contributed by atoms with Gasteiger partial charge in [0, 0.05) is 0 Å². The first kappa shape index (κ1) is 14.2. The van der Waals surface area contributed by atoms with Crippen molar-refractivity contribution < 1.29 is 17.5 Å². The van der Waals surface area contributed by atoms with E-state index in [-0.39, 0.29) is 5.92 Å². The number of hydrogen-bond donors (Lipinski definition) is 2. The fraction of sp³-hybridized carbons (Fsp3) is 1.00. The van der Waals surface area contributed by atoms with E-state index in [0.29, 0.717) is 6.42 Å². The summed E-state index contributed by atoms with van der Waals surface area (Å²) in [5.74, 6) is -0.147. The molecule has 0 aliphatic heterocycles. The quantitative estimate of drug-likeness (QED) is 0.669. The first-order chi connectivity index (χ1) is 6.54. The summed E-state index contributed by atoms with van der Waals surface area (Å²) < 4.78 is 38.5. The molecule has 14 heavy (non-hydrogen) atoms. The van der Waals surface area contributed by atoms with E-state index < -0.39 is 26.7 Å². The minimum absolute atomic E-state index is 0.147. The Balaban J connectivity index is 4.42. The van der Waals surface area contributed by atoms with Gasteiger partial charge in [0.2, 0.25) is 0 Å². The van der Waals surface area contributed by atoms with Crippen LogP contribution in [0.15, 0.2) is 0 Å². The minimum Gasteiger partial charge on any atom is -0.305 e. The molecule has 0 heterocycles. The molecule has 0 saturated carbocycles. The van der Waals surface area contributed by atoms with Gasteiger partial charge < -0.3 is 9.11 Å². The molecule has 0 amide bonds. The number of rotatable bonds is 7. The molecule has 3 atom stereocenters. The van der Waals surface area contributed by atoms with Crippen molar-refractivity contribution in [1.82, 2.24) is 0 Å². The molecule has 0 aromatic heterocycles. The average Bonchev–Trinajstić information content (AvgIpc) is 2.10. The van der Waals surface area contributed by atoms with Crippen LogP contribution in [0.5, 0.6) is 0 Å². The Kier molecular flexibility index (Phi) is 7.62. The molecular formula is C8H18O4S2. The molecule has 0 radical (unpaired) electrons. The van der Waals surface area contributed by atoms with E-state index in [0.717, 1.165) is 19.3 Å². The lowest BCUT2D eigenvalue weighted by atomic mass is 10.0. The Hall–Kier alpha value is 0.220. The van der Waals surface area contributed by atoms with Crippen LogP contribution in [0.4, 0.5) is 0 Å². The van der Waals surface area contributed by atoms with Crippen molar-refractivity contribution in [2.75, 3.05) is 0 Å². The van der Waals surface area contributed by atoms with Gasteiger partial charge in [-0.15, -0.1) is 0 Å². The standard InChI is InChI=1S/C8H18O4S2/c1-3-5-6-7(4-2)8(13(9)10)14(11)12/h7-8H,3-6H2,1-2H3,(H,9,10)(H,11,12). The van der Waals surface area contributed by atoms with E-state index in [1.807, 2.05) is 13.8 Å². The normalized spacial score (nSPS) is 20.0. The van der Waals surface area contributed by atoms with Gasteiger partial charge in [-0.25, -0.2) is 8.42 Å². The maximum atomic E-state index is 10.9. The van der Waals surface area contributed by atoms with Crippen molar-refractivity contribution in [3.63, 3.8) is 0 Å². The van der Waals surface area contributed by atoms with Crippen LogP contribution in [-0.2, 0) is 22.2 Å². The first-order valence-corrected chi connectivity index (χ1v) is 7.07. The third kappa shape index (κ3) is 4.63. The van der Waals surface area contributed by atoms with E-state index in [1.165, 1.54) is 0 Å². The highest BCUT2D eigenvalue weighted by molar-refractivity contribution is 7.97. The van der Waals surface area contributed by atoms with E-state index in [4.69, 9.17) is 9.11 Å². The van der Waals surface area contributed by atoms with Gasteiger partial charge in [0.25, 0.3) is 0 Å². The monoisotopic (exact) mass is 242 g/mol. The molecule has 6 heteroatoms. The Morgan fingerprint density at radius 2 is 1.64 bits per heavy atom. The third-order valence-corrected chi connectivity index (χ3v) is 4.79. The van der Waals surface area contributed by atoms with E-state index in [2.05, 4.69) is 0 Å². The second kappa shape index (κ2) is 7.50. The third-order valence-electron chi connectivity index (χ3n) is 2.24. The van der Waals surface area contributed by atoms with E-state index in [1.54, 1.807) is 0 Å². The lowest BCUT2D eigenvalue weighted by Gasteiger charge is -2.19. The molecular weight excluding hydrogens is 224 g/mol. The molecule has 2 N–H and O–H groups in total. The highest BCUT2D eigenvalue weighted by atomic mass is 32.3. The lowest BCUT2D eigenvalue weighted by Crippen LogP contribution is -2.29. The minimum atomic E-state index is -2.22. The van der Waals surface area contributed by atoms with Crippen LogP contribution in [0.3, 0.4) is 0 Å². The van der Waals surface area contributed by atoms with Crippen molar-refractivity contribution in [1.29, 1.82) is 0 Å². The van der Waals surface area contributed by atoms with Crippen LogP contribution in [0.2, 0.25) is 0 Å². The van der Waals surface area contributed by atoms with Crippen LogP contribution in [-0.4, -0.2) is 22.1 Å². The van der Waals surface area contributed by atoms with Crippen molar-refractivity contribution in [2.24, 2.45) is 5.92 Å². The summed E-state index contributed by atoms with van der Waals surface area (Å²) >= 11 is -4.43. The predicted molar refractivity (Wildman–Crippen MR) is 58.6 cm³/mol. The Bertz CT molecular complexity index is 194. The molecule has 3 unspecified atom stereocenters. The molecule has 0 spiro atoms. The van der Waals surface area contributed by atoms with Crippen molar-refractivity contribution in [3.05, 3.63) is 0 Å². The van der Waals surface area contributed by atoms with Gasteiger partial charge in [0.05, 0.1) is 0 Å². The van der Waals surface area contributed by atoms with Gasteiger partial charge >= 0.3 is 0 Å². The van der Waals surface area contributed by atoms with E-state index >= 15 is 0 Å². The van der Waals surface area contributed by atoms with Crippen LogP contribution in [0, 0.1) is 5.92 Å². The van der Waals surface area contributed by atoms with Crippen LogP contribution in [0.25, 0.3) is 0 Å². The summed E-state index contributed by atoms with van der Waals surface area (Å²) in [5.41, 5.74) is 0. The molecule has 0 aliphatic rings. The van der Waals surface area contributed by atoms with Crippen LogP contribution in [0.1, 0.15) is 39.5 Å². The van der Waals surface area contributed by atoms with Gasteiger partial charge in [0.15, 0.2) is 26.7 Å². The summed E-state index contributed by atoms with van der Waals surface area (Å²) in [6.07, 6.45) is 3.29. The number of hydrogen-bond acceptors (Lipinski definition) is 2. The first-order valence-electron chi connectivity index (χ1n) is 4.73. The van der Waals surface area contributed by atoms with Crippen molar-refractivity contribution in [2.45, 2.75) is 44.1 Å². The van der Waals surface area contributed by atoms with Crippen LogP contribution < -0.4 is 0 Å². The summed E-state index contributed by atoms with van der Waals surface area (Å²) in [6, 6.07) is 0. The van der Waals surface area contributed by atoms with Gasteiger partial charge in [0.1, 0.15) is 0 Å². The summed E-state index contributed by atoms with van der Waals surface area (Å²) in [5, 5.41) is 0. The second-order valence-electron chi connectivity index (χ2n) is 3.23. The average molecular weight is 242 g/mol. The molecule has 86 valence electrons. The lowest BCUT2D eigenvalue weighted by molar-refractivity contribution is 0.441. The highest BCUT2D eigenvalue weighted by Crippen LogP contribution is 2.22. The summed E-state index contributed by atoms with van der Waals surface area (Å²) in [7, 11) is 0. The highest BCUT2D eigenvalue weighted by Gasteiger charge is 2.30. The molecule has 0 aromatic rings. The molecule has 4 nitrogen and oxygen atoms in total. The smallest absolute Gasteiger partial charge is 0.171 e. The second-order valence-corrected chi connectivity index (χ2v) is 5.65. The Labute approximate surface area is 90.0 Å². The zero-order chi connectivity index (χ0) is 11.1. The Morgan fingerprint density at radius 1 is 1.14 bits per heavy atom. The van der Waals surface area contributed by atoms with E-state index in [9.17, 15) is 8.42 Å². The van der Waals surface area contributed by atoms with Crippen molar-refractivity contribution >= 4 is 22.2 Å². The fourth-order valence-electron chi connectivity index (χ4n) is 1.40. The van der Waals surface area contributed by atoms with Crippen LogP contribution >= 0.6 is 0 Å². The fourth-order valence-corrected chi connectivity index (χ4v) is 3.28. The van der Waals surface area contributed by atoms with Crippen molar-refractivity contribution in [3.8, 4) is 0 Å². The Morgan fingerprint density at radius 3 is 1.93 bits per heavy atom. The maximum Gasteiger partial charge on any atom is 0.171 e. The number of unbranched alkanes of at least 4 members (excludes halogenated alkanes) is 1. The van der Waals surface area contributed by atoms with Gasteiger partial charge in [-0.1, -0.05) is 33.1 Å². The summed E-state index contributed by atoms with van der Waals surface area (Å²) in [6.45, 7) is 3.89. The molecule has 0 aliphatic carbocycles. The largest absolute Gasteiger partial charge is 0.305 e. The van der Waals surface area contributed by atoms with Gasteiger partial charge in [-0.2, -0.15) is 0 Å². The van der Waals surface area contributed by atoms with Gasteiger partial charge in [-0.3, -0.25) is 0 Å². The topological polar surface area (TPSA) is 74.6 Å². The van der Waals surface area contributed by atoms with Gasteiger partial charge in [-0.05, 0) is 12.3 Å². The molecule has 0 rings (SSSR count). The molecule has 0 aromatic carbocycles. The molecule has 0 fully saturated rings.